The first-order valence-corrected chi connectivity index (χ1v) is 16.2. The molecule has 0 amide bonds. The fourth-order valence-electron chi connectivity index (χ4n) is 3.99. The molecule has 5 aromatic carbocycles. The van der Waals surface area contributed by atoms with E-state index in [4.69, 9.17) is 22.8 Å². The predicted molar refractivity (Wildman–Crippen MR) is 215 cm³/mol. The van der Waals surface area contributed by atoms with Crippen LogP contribution in [0.5, 0.6) is 0 Å². The van der Waals surface area contributed by atoms with Gasteiger partial charge < -0.3 is 14.6 Å². The average Bonchev–Trinajstić information content (AvgIpc) is 3.21. The van der Waals surface area contributed by atoms with Crippen LogP contribution in [0.15, 0.2) is 152 Å². The van der Waals surface area contributed by atoms with Crippen molar-refractivity contribution >= 4 is 0 Å². The van der Waals surface area contributed by atoms with Crippen molar-refractivity contribution in [3.63, 3.8) is 0 Å². The number of hydrogen-bond acceptors (Lipinski definition) is 3. The number of ether oxygens (including phenoxy) is 2. The van der Waals surface area contributed by atoms with Crippen molar-refractivity contribution in [3.8, 4) is 25.2 Å². The molecule has 0 unspecified atom stereocenters. The third-order valence-electron chi connectivity index (χ3n) is 6.19. The minimum Gasteiger partial charge on any atom is -0.396 e. The predicted octanol–water partition coefficient (Wildman–Crippen LogP) is 10.8. The lowest BCUT2D eigenvalue weighted by Gasteiger charge is -2.04. The van der Waals surface area contributed by atoms with E-state index in [9.17, 15) is 0 Å². The Hall–Kier alpha value is -4.90. The molecular weight excluding hydrogens is 613 g/mol. The summed E-state index contributed by atoms with van der Waals surface area (Å²) in [5.74, 6) is 2.25. The average molecular weight is 677 g/mol. The number of aliphatic hydroxyl groups excluding tert-OH is 1. The first-order valence-electron chi connectivity index (χ1n) is 19.2. The van der Waals surface area contributed by atoms with Gasteiger partial charge in [0.05, 0.1) is 15.9 Å². The maximum absolute atomic E-state index is 8.62. The van der Waals surface area contributed by atoms with Gasteiger partial charge in [0.25, 0.3) is 0 Å². The second kappa shape index (κ2) is 34.0. The minimum atomic E-state index is -1.91. The van der Waals surface area contributed by atoms with E-state index in [1.54, 1.807) is 79.7 Å². The molecule has 0 atom stereocenters. The van der Waals surface area contributed by atoms with Gasteiger partial charge in [-0.05, 0) is 73.2 Å². The lowest BCUT2D eigenvalue weighted by molar-refractivity contribution is 0.118. The number of benzene rings is 5. The summed E-state index contributed by atoms with van der Waals surface area (Å²) in [5, 5.41) is 8.62. The van der Waals surface area contributed by atoms with Gasteiger partial charge in [0.2, 0.25) is 0 Å². The molecule has 3 heteroatoms. The molecule has 50 heavy (non-hydrogen) atoms. The standard InChI is InChI=1S/2C16H18O.C9H12O.C3H4.C2H2.CH4/c2*1-3-8-15(9-4-1)12-7-13-17-14-16-10-5-2-6-11-16;10-8-4-7-9-5-2-1-3-6-9;1-3-2;1-2;/h2*1-6,8-11H,7,12-14H2;1-3,5-6,10H,4,7-8H2;1H,2H3;1-2H;1H4/i12D2,14D2;;7D2;;;. The normalized spacial score (nSPS) is 11.8. The van der Waals surface area contributed by atoms with E-state index in [0.717, 1.165) is 26.1 Å². The van der Waals surface area contributed by atoms with Crippen molar-refractivity contribution in [2.75, 3.05) is 19.8 Å². The molecule has 0 spiro atoms. The largest absolute Gasteiger partial charge is 0.396 e. The smallest absolute Gasteiger partial charge is 0.0716 e. The molecular formula is C47H58O3. The van der Waals surface area contributed by atoms with Gasteiger partial charge in [-0.1, -0.05) is 159 Å². The summed E-state index contributed by atoms with van der Waals surface area (Å²) in [4.78, 5) is 0. The van der Waals surface area contributed by atoms with Gasteiger partial charge in [-0.2, -0.15) is 0 Å². The second-order valence-electron chi connectivity index (χ2n) is 10.0. The van der Waals surface area contributed by atoms with Gasteiger partial charge in [-0.15, -0.1) is 25.2 Å². The number of rotatable bonds is 15. The van der Waals surface area contributed by atoms with Crippen LogP contribution in [0, 0.1) is 25.2 Å². The van der Waals surface area contributed by atoms with E-state index in [-0.39, 0.29) is 33.5 Å². The van der Waals surface area contributed by atoms with E-state index in [1.165, 1.54) is 11.1 Å². The molecule has 1 N–H and O–H groups in total. The zero-order chi connectivity index (χ0) is 40.8. The van der Waals surface area contributed by atoms with Crippen LogP contribution < -0.4 is 0 Å². The molecule has 5 aromatic rings. The first-order chi connectivity index (χ1) is 26.4. The third-order valence-corrected chi connectivity index (χ3v) is 6.19. The molecule has 0 fully saturated rings. The van der Waals surface area contributed by atoms with Crippen LogP contribution in [0.2, 0.25) is 0 Å². The highest BCUT2D eigenvalue weighted by Gasteiger charge is 1.95. The summed E-state index contributed by atoms with van der Waals surface area (Å²) >= 11 is 0. The summed E-state index contributed by atoms with van der Waals surface area (Å²) in [5.41, 5.74) is 4.27. The van der Waals surface area contributed by atoms with Gasteiger partial charge in [-0.25, -0.2) is 0 Å². The fraction of sp³-hybridized carbons (Fsp3) is 0.277. The van der Waals surface area contributed by atoms with Crippen LogP contribution in [0.1, 0.15) is 69.7 Å². The molecule has 0 aromatic heterocycles. The van der Waals surface area contributed by atoms with Crippen molar-refractivity contribution in [2.45, 2.75) is 65.9 Å². The molecule has 0 aliphatic heterocycles. The van der Waals surface area contributed by atoms with Crippen LogP contribution in [-0.4, -0.2) is 24.9 Å². The Labute approximate surface area is 312 Å². The van der Waals surface area contributed by atoms with Crippen LogP contribution in [-0.2, 0) is 41.8 Å². The van der Waals surface area contributed by atoms with Crippen LogP contribution in [0.4, 0.5) is 0 Å². The van der Waals surface area contributed by atoms with Crippen molar-refractivity contribution in [1.82, 2.24) is 0 Å². The molecule has 0 radical (unpaired) electrons. The number of aryl methyl sites for hydroxylation is 3. The van der Waals surface area contributed by atoms with Gasteiger partial charge in [0, 0.05) is 25.3 Å². The zero-order valence-corrected chi connectivity index (χ0v) is 28.6. The van der Waals surface area contributed by atoms with Gasteiger partial charge in [-0.3, -0.25) is 0 Å². The van der Waals surface area contributed by atoms with E-state index in [2.05, 4.69) is 67.7 Å². The molecule has 3 nitrogen and oxygen atoms in total. The van der Waals surface area contributed by atoms with Crippen molar-refractivity contribution in [2.24, 2.45) is 0 Å². The Bertz CT molecular complexity index is 1620. The Morgan fingerprint density at radius 2 is 0.900 bits per heavy atom. The van der Waals surface area contributed by atoms with E-state index >= 15 is 0 Å². The summed E-state index contributed by atoms with van der Waals surface area (Å²) < 4.78 is 57.9. The van der Waals surface area contributed by atoms with Crippen molar-refractivity contribution in [3.05, 3.63) is 179 Å². The maximum atomic E-state index is 8.62. The lowest BCUT2D eigenvalue weighted by Crippen LogP contribution is -1.97. The minimum absolute atomic E-state index is 0. The summed E-state index contributed by atoms with van der Waals surface area (Å²) in [6.07, 6.45) is 12.1. The molecule has 0 saturated carbocycles. The van der Waals surface area contributed by atoms with Gasteiger partial charge in [0.15, 0.2) is 0 Å². The zero-order valence-electron chi connectivity index (χ0n) is 34.6. The van der Waals surface area contributed by atoms with Crippen molar-refractivity contribution in [1.29, 1.82) is 0 Å². The van der Waals surface area contributed by atoms with E-state index in [0.29, 0.717) is 16.7 Å². The molecule has 264 valence electrons. The number of aliphatic hydroxyl groups is 1. The number of hydrogen-bond donors (Lipinski definition) is 1. The Morgan fingerprint density at radius 1 is 0.540 bits per heavy atom. The van der Waals surface area contributed by atoms with E-state index in [1.807, 2.05) is 36.4 Å². The third kappa shape index (κ3) is 25.2. The maximum Gasteiger partial charge on any atom is 0.0716 e. The molecule has 5 rings (SSSR count). The Kier molecular flexibility index (Phi) is 23.7. The molecule has 0 heterocycles. The lowest BCUT2D eigenvalue weighted by atomic mass is 10.1. The van der Waals surface area contributed by atoms with Crippen LogP contribution >= 0.6 is 0 Å². The monoisotopic (exact) mass is 676 g/mol. The molecule has 0 aliphatic rings. The Balaban J connectivity index is 0.000000781. The highest BCUT2D eigenvalue weighted by atomic mass is 16.5. The molecule has 0 aliphatic carbocycles. The number of terminal acetylenes is 2. The van der Waals surface area contributed by atoms with E-state index < -0.39 is 19.3 Å². The summed E-state index contributed by atoms with van der Waals surface area (Å²) in [7, 11) is 0. The summed E-state index contributed by atoms with van der Waals surface area (Å²) in [6.45, 7) is 1.17. The van der Waals surface area contributed by atoms with Crippen LogP contribution in [0.3, 0.4) is 0 Å². The van der Waals surface area contributed by atoms with Gasteiger partial charge in [0.1, 0.15) is 0 Å². The molecule has 0 bridgehead atoms. The highest BCUT2D eigenvalue weighted by molar-refractivity contribution is 5.17. The second-order valence-corrected chi connectivity index (χ2v) is 10.0. The Morgan fingerprint density at radius 3 is 1.34 bits per heavy atom. The fourth-order valence-corrected chi connectivity index (χ4v) is 3.99. The first kappa shape index (κ1) is 34.9. The molecule has 0 saturated heterocycles. The van der Waals surface area contributed by atoms with Gasteiger partial charge >= 0.3 is 0 Å². The SMILES string of the molecule is C.C#C.C#CC.[2H]C([2H])(CCO)c1ccccc1.[2H]C([2H])(CCOC([2H])([2H])c1ccccc1)c1ccccc1.c1ccc(CCCOCc2ccccc2)cc1. The highest BCUT2D eigenvalue weighted by Crippen LogP contribution is 2.06. The summed E-state index contributed by atoms with van der Waals surface area (Å²) in [6, 6.07) is 47.3. The van der Waals surface area contributed by atoms with Crippen LogP contribution in [0.25, 0.3) is 0 Å². The topological polar surface area (TPSA) is 38.7 Å². The van der Waals surface area contributed by atoms with Crippen molar-refractivity contribution < 1.29 is 22.8 Å². The quantitative estimate of drug-likeness (QED) is 0.0886.